The zero-order chi connectivity index (χ0) is 13.1. The fourth-order valence-electron chi connectivity index (χ4n) is 1.89. The van der Waals surface area contributed by atoms with Crippen LogP contribution in [-0.2, 0) is 9.53 Å². The molecule has 1 heterocycles. The van der Waals surface area contributed by atoms with Gasteiger partial charge in [0.05, 0.1) is 18.8 Å². The van der Waals surface area contributed by atoms with Gasteiger partial charge in [-0.15, -0.1) is 0 Å². The first-order valence-electron chi connectivity index (χ1n) is 5.49. The molecular weight excluding hydrogens is 302 g/mol. The summed E-state index contributed by atoms with van der Waals surface area (Å²) in [6.07, 6.45) is 0. The smallest absolute Gasteiger partial charge is 0.377 e. The second kappa shape index (κ2) is 5.49. The van der Waals surface area contributed by atoms with Gasteiger partial charge in [0.2, 0.25) is 0 Å². The molecule has 0 spiro atoms. The molecule has 0 amide bonds. The summed E-state index contributed by atoms with van der Waals surface area (Å²) < 4.78 is 5.92. The highest BCUT2D eigenvalue weighted by Gasteiger charge is 2.23. The fraction of sp³-hybridized carbons (Fsp3) is 0.333. The number of hydrogen-bond donors (Lipinski definition) is 1. The Kier molecular flexibility index (Phi) is 3.98. The Hall–Kier alpha value is -1.40. The molecule has 0 unspecified atom stereocenters. The number of morpholine rings is 1. The van der Waals surface area contributed by atoms with Crippen molar-refractivity contribution >= 4 is 33.4 Å². The SMILES string of the molecule is O=C(O)C(=O)c1cc(Br)ccc1N1CCOCC1. The van der Waals surface area contributed by atoms with Crippen LogP contribution in [0.5, 0.6) is 0 Å². The number of halogens is 1. The van der Waals surface area contributed by atoms with Crippen molar-refractivity contribution in [1.29, 1.82) is 0 Å². The predicted molar refractivity (Wildman–Crippen MR) is 69.1 cm³/mol. The minimum Gasteiger partial charge on any atom is -0.475 e. The van der Waals surface area contributed by atoms with Crippen LogP contribution >= 0.6 is 15.9 Å². The largest absolute Gasteiger partial charge is 0.475 e. The van der Waals surface area contributed by atoms with E-state index in [1.807, 2.05) is 4.90 Å². The Morgan fingerprint density at radius 3 is 2.56 bits per heavy atom. The summed E-state index contributed by atoms with van der Waals surface area (Å²) in [4.78, 5) is 24.5. The standard InChI is InChI=1S/C12H12BrNO4/c13-8-1-2-10(14-3-5-18-6-4-14)9(7-8)11(15)12(16)17/h1-2,7H,3-6H2,(H,16,17). The van der Waals surface area contributed by atoms with Crippen LogP contribution < -0.4 is 4.90 Å². The molecule has 0 aliphatic carbocycles. The maximum absolute atomic E-state index is 11.7. The number of carbonyl (C=O) groups excluding carboxylic acids is 1. The van der Waals surface area contributed by atoms with Crippen LogP contribution in [0.2, 0.25) is 0 Å². The third-order valence-corrected chi connectivity index (χ3v) is 3.24. The number of ketones is 1. The lowest BCUT2D eigenvalue weighted by Crippen LogP contribution is -2.37. The third kappa shape index (κ3) is 2.70. The topological polar surface area (TPSA) is 66.8 Å². The van der Waals surface area contributed by atoms with E-state index in [2.05, 4.69) is 15.9 Å². The van der Waals surface area contributed by atoms with Crippen molar-refractivity contribution < 1.29 is 19.4 Å². The van der Waals surface area contributed by atoms with E-state index < -0.39 is 11.8 Å². The molecule has 1 N–H and O–H groups in total. The predicted octanol–water partition coefficient (Wildman–Crippen LogP) is 1.55. The van der Waals surface area contributed by atoms with E-state index in [-0.39, 0.29) is 5.56 Å². The third-order valence-electron chi connectivity index (χ3n) is 2.75. The summed E-state index contributed by atoms with van der Waals surface area (Å²) in [5.41, 5.74) is 0.854. The Morgan fingerprint density at radius 2 is 1.94 bits per heavy atom. The van der Waals surface area contributed by atoms with Gasteiger partial charge in [-0.25, -0.2) is 4.79 Å². The maximum atomic E-state index is 11.7. The zero-order valence-corrected chi connectivity index (χ0v) is 11.1. The lowest BCUT2D eigenvalue weighted by Gasteiger charge is -2.30. The number of aliphatic carboxylic acids is 1. The van der Waals surface area contributed by atoms with Gasteiger partial charge in [0.25, 0.3) is 5.78 Å². The van der Waals surface area contributed by atoms with E-state index in [4.69, 9.17) is 9.84 Å². The van der Waals surface area contributed by atoms with Crippen LogP contribution in [0.15, 0.2) is 22.7 Å². The molecule has 6 heteroatoms. The van der Waals surface area contributed by atoms with E-state index in [0.717, 1.165) is 0 Å². The van der Waals surface area contributed by atoms with Gasteiger partial charge < -0.3 is 14.7 Å². The summed E-state index contributed by atoms with van der Waals surface area (Å²) in [6.45, 7) is 2.47. The molecule has 1 aromatic carbocycles. The summed E-state index contributed by atoms with van der Waals surface area (Å²) in [7, 11) is 0. The highest BCUT2D eigenvalue weighted by Crippen LogP contribution is 2.26. The lowest BCUT2D eigenvalue weighted by molar-refractivity contribution is -0.131. The number of carbonyl (C=O) groups is 2. The van der Waals surface area contributed by atoms with Gasteiger partial charge in [0.1, 0.15) is 0 Å². The number of rotatable bonds is 3. The first-order valence-corrected chi connectivity index (χ1v) is 6.29. The van der Waals surface area contributed by atoms with E-state index in [0.29, 0.717) is 36.5 Å². The molecule has 1 aromatic rings. The van der Waals surface area contributed by atoms with Gasteiger partial charge in [-0.3, -0.25) is 4.79 Å². The first-order chi connectivity index (χ1) is 8.59. The van der Waals surface area contributed by atoms with Crippen LogP contribution in [0, 0.1) is 0 Å². The Labute approximate surface area is 112 Å². The second-order valence-electron chi connectivity index (χ2n) is 3.90. The summed E-state index contributed by atoms with van der Waals surface area (Å²) in [6, 6.07) is 5.09. The Bertz CT molecular complexity index is 483. The highest BCUT2D eigenvalue weighted by molar-refractivity contribution is 9.10. The van der Waals surface area contributed by atoms with Crippen molar-refractivity contribution in [3.05, 3.63) is 28.2 Å². The quantitative estimate of drug-likeness (QED) is 0.677. The number of ether oxygens (including phenoxy) is 1. The van der Waals surface area contributed by atoms with Crippen molar-refractivity contribution in [2.45, 2.75) is 0 Å². The van der Waals surface area contributed by atoms with Crippen LogP contribution in [0.1, 0.15) is 10.4 Å². The van der Waals surface area contributed by atoms with Gasteiger partial charge in [0, 0.05) is 23.2 Å². The normalized spacial score (nSPS) is 15.5. The number of carboxylic acid groups (broad SMARTS) is 1. The number of Topliss-reactive ketones (excluding diaryl/α,β-unsaturated/α-hetero) is 1. The van der Waals surface area contributed by atoms with Crippen molar-refractivity contribution in [2.24, 2.45) is 0 Å². The molecule has 18 heavy (non-hydrogen) atoms. The number of anilines is 1. The van der Waals surface area contributed by atoms with E-state index in [1.165, 1.54) is 0 Å². The summed E-state index contributed by atoms with van der Waals surface area (Å²) in [5.74, 6) is -2.33. The lowest BCUT2D eigenvalue weighted by atomic mass is 10.1. The molecule has 1 aliphatic rings. The van der Waals surface area contributed by atoms with E-state index in [1.54, 1.807) is 18.2 Å². The minimum absolute atomic E-state index is 0.207. The zero-order valence-electron chi connectivity index (χ0n) is 9.56. The molecular formula is C12H12BrNO4. The van der Waals surface area contributed by atoms with E-state index in [9.17, 15) is 9.59 Å². The van der Waals surface area contributed by atoms with Crippen LogP contribution in [0.3, 0.4) is 0 Å². The van der Waals surface area contributed by atoms with Crippen molar-refractivity contribution in [3.63, 3.8) is 0 Å². The number of nitrogens with zero attached hydrogens (tertiary/aromatic N) is 1. The Balaban J connectivity index is 2.39. The van der Waals surface area contributed by atoms with Gasteiger partial charge in [-0.2, -0.15) is 0 Å². The van der Waals surface area contributed by atoms with Crippen molar-refractivity contribution in [2.75, 3.05) is 31.2 Å². The molecule has 5 nitrogen and oxygen atoms in total. The van der Waals surface area contributed by atoms with Crippen LogP contribution in [-0.4, -0.2) is 43.2 Å². The molecule has 0 bridgehead atoms. The molecule has 0 saturated carbocycles. The molecule has 2 rings (SSSR count). The molecule has 1 aliphatic heterocycles. The summed E-state index contributed by atoms with van der Waals surface area (Å²) in [5, 5.41) is 8.84. The number of hydrogen-bond acceptors (Lipinski definition) is 4. The maximum Gasteiger partial charge on any atom is 0.377 e. The van der Waals surface area contributed by atoms with Crippen LogP contribution in [0.4, 0.5) is 5.69 Å². The molecule has 1 fully saturated rings. The highest BCUT2D eigenvalue weighted by atomic mass is 79.9. The van der Waals surface area contributed by atoms with Crippen LogP contribution in [0.25, 0.3) is 0 Å². The Morgan fingerprint density at radius 1 is 1.28 bits per heavy atom. The first kappa shape index (κ1) is 13.0. The minimum atomic E-state index is -1.44. The van der Waals surface area contributed by atoms with Gasteiger partial charge in [-0.05, 0) is 18.2 Å². The van der Waals surface area contributed by atoms with Gasteiger partial charge >= 0.3 is 5.97 Å². The molecule has 1 saturated heterocycles. The molecule has 0 atom stereocenters. The molecule has 0 radical (unpaired) electrons. The fourth-order valence-corrected chi connectivity index (χ4v) is 2.25. The second-order valence-corrected chi connectivity index (χ2v) is 4.81. The summed E-state index contributed by atoms with van der Waals surface area (Å²) >= 11 is 3.25. The van der Waals surface area contributed by atoms with E-state index >= 15 is 0 Å². The molecule has 96 valence electrons. The molecule has 0 aromatic heterocycles. The van der Waals surface area contributed by atoms with Gasteiger partial charge in [-0.1, -0.05) is 15.9 Å². The van der Waals surface area contributed by atoms with Crippen molar-refractivity contribution in [3.8, 4) is 0 Å². The number of carboxylic acids is 1. The van der Waals surface area contributed by atoms with Crippen molar-refractivity contribution in [1.82, 2.24) is 0 Å². The van der Waals surface area contributed by atoms with Gasteiger partial charge in [0.15, 0.2) is 0 Å². The monoisotopic (exact) mass is 313 g/mol. The number of benzene rings is 1. The average Bonchev–Trinajstić information content (AvgIpc) is 2.38. The average molecular weight is 314 g/mol.